The maximum absolute atomic E-state index is 12.4. The third kappa shape index (κ3) is 3.49. The quantitative estimate of drug-likeness (QED) is 0.936. The van der Waals surface area contributed by atoms with Crippen LogP contribution in [0.1, 0.15) is 75.0 Å². The molecule has 0 unspecified atom stereocenters. The van der Waals surface area contributed by atoms with Crippen LogP contribution in [0.15, 0.2) is 12.4 Å². The van der Waals surface area contributed by atoms with Crippen LogP contribution in [0.25, 0.3) is 0 Å². The monoisotopic (exact) mass is 330 g/mol. The molecule has 0 radical (unpaired) electrons. The van der Waals surface area contributed by atoms with Gasteiger partial charge in [0.25, 0.3) is 5.91 Å². The van der Waals surface area contributed by atoms with Crippen LogP contribution < -0.4 is 5.32 Å². The standard InChI is InChI=1S/C17H26N6O/c1-12-10-22(13-8-6-5-7-9-13)20-15(12)18-16(24)14-11-23(21-19-14)17(2,3)4/h10-11,13H,5-9H2,1-4H3,(H,18,20,24). The summed E-state index contributed by atoms with van der Waals surface area (Å²) >= 11 is 0. The third-order valence-corrected chi connectivity index (χ3v) is 4.51. The van der Waals surface area contributed by atoms with Gasteiger partial charge in [0, 0.05) is 11.8 Å². The Morgan fingerprint density at radius 2 is 1.92 bits per heavy atom. The van der Waals surface area contributed by atoms with E-state index in [9.17, 15) is 4.79 Å². The van der Waals surface area contributed by atoms with Gasteiger partial charge in [0.15, 0.2) is 11.5 Å². The lowest BCUT2D eigenvalue weighted by molar-refractivity contribution is 0.102. The molecular formula is C17H26N6O. The maximum Gasteiger partial charge on any atom is 0.279 e. The number of aryl methyl sites for hydroxylation is 1. The van der Waals surface area contributed by atoms with Crippen molar-refractivity contribution in [2.45, 2.75) is 71.4 Å². The van der Waals surface area contributed by atoms with Crippen molar-refractivity contribution in [2.75, 3.05) is 5.32 Å². The number of carbonyl (C=O) groups excluding carboxylic acids is 1. The zero-order chi connectivity index (χ0) is 17.3. The molecule has 0 bridgehead atoms. The number of hydrogen-bond donors (Lipinski definition) is 1. The minimum absolute atomic E-state index is 0.204. The van der Waals surface area contributed by atoms with Gasteiger partial charge in [-0.3, -0.25) is 9.48 Å². The lowest BCUT2D eigenvalue weighted by atomic mass is 9.96. The van der Waals surface area contributed by atoms with Gasteiger partial charge >= 0.3 is 0 Å². The van der Waals surface area contributed by atoms with E-state index >= 15 is 0 Å². The van der Waals surface area contributed by atoms with Crippen molar-refractivity contribution in [1.29, 1.82) is 0 Å². The molecular weight excluding hydrogens is 304 g/mol. The first-order valence-electron chi connectivity index (χ1n) is 8.64. The second kappa shape index (κ2) is 6.37. The molecule has 1 aliphatic carbocycles. The number of nitrogens with one attached hydrogen (secondary N) is 1. The van der Waals surface area contributed by atoms with E-state index in [1.54, 1.807) is 10.9 Å². The van der Waals surface area contributed by atoms with Gasteiger partial charge in [-0.2, -0.15) is 5.10 Å². The van der Waals surface area contributed by atoms with Crippen LogP contribution in [0.4, 0.5) is 5.82 Å². The fraction of sp³-hybridized carbons (Fsp3) is 0.647. The van der Waals surface area contributed by atoms with Crippen molar-refractivity contribution in [3.8, 4) is 0 Å². The number of hydrogen-bond acceptors (Lipinski definition) is 4. The molecule has 3 rings (SSSR count). The maximum atomic E-state index is 12.4. The van der Waals surface area contributed by atoms with Crippen LogP contribution in [0.5, 0.6) is 0 Å². The molecule has 7 heteroatoms. The first kappa shape index (κ1) is 16.7. The Labute approximate surface area is 142 Å². The van der Waals surface area contributed by atoms with E-state index in [1.165, 1.54) is 19.3 Å². The van der Waals surface area contributed by atoms with Gasteiger partial charge < -0.3 is 5.32 Å². The minimum Gasteiger partial charge on any atom is -0.303 e. The van der Waals surface area contributed by atoms with Crippen LogP contribution in [0.3, 0.4) is 0 Å². The summed E-state index contributed by atoms with van der Waals surface area (Å²) in [6.45, 7) is 8.01. The van der Waals surface area contributed by atoms with E-state index in [2.05, 4.69) is 20.7 Å². The Kier molecular flexibility index (Phi) is 4.43. The highest BCUT2D eigenvalue weighted by Gasteiger charge is 2.21. The number of carbonyl (C=O) groups is 1. The Balaban J connectivity index is 1.72. The first-order valence-corrected chi connectivity index (χ1v) is 8.64. The van der Waals surface area contributed by atoms with Crippen molar-refractivity contribution in [2.24, 2.45) is 0 Å². The summed E-state index contributed by atoms with van der Waals surface area (Å²) in [4.78, 5) is 12.4. The molecule has 7 nitrogen and oxygen atoms in total. The highest BCUT2D eigenvalue weighted by atomic mass is 16.2. The van der Waals surface area contributed by atoms with Gasteiger partial charge in [0.1, 0.15) is 0 Å². The Hall–Kier alpha value is -2.18. The topological polar surface area (TPSA) is 77.6 Å². The van der Waals surface area contributed by atoms with E-state index < -0.39 is 0 Å². The fourth-order valence-corrected chi connectivity index (χ4v) is 3.01. The van der Waals surface area contributed by atoms with E-state index in [0.29, 0.717) is 17.6 Å². The van der Waals surface area contributed by atoms with Gasteiger partial charge in [0.05, 0.1) is 17.8 Å². The molecule has 1 amide bonds. The number of aromatic nitrogens is 5. The average molecular weight is 330 g/mol. The largest absolute Gasteiger partial charge is 0.303 e. The van der Waals surface area contributed by atoms with Crippen LogP contribution >= 0.6 is 0 Å². The summed E-state index contributed by atoms with van der Waals surface area (Å²) in [5.41, 5.74) is 1.07. The summed E-state index contributed by atoms with van der Waals surface area (Å²) in [5.74, 6) is 0.332. The van der Waals surface area contributed by atoms with Crippen molar-refractivity contribution in [3.05, 3.63) is 23.7 Å². The number of rotatable bonds is 3. The van der Waals surface area contributed by atoms with Gasteiger partial charge in [0.2, 0.25) is 0 Å². The van der Waals surface area contributed by atoms with Crippen LogP contribution in [0.2, 0.25) is 0 Å². The minimum atomic E-state index is -0.275. The molecule has 0 saturated heterocycles. The molecule has 1 aliphatic rings. The summed E-state index contributed by atoms with van der Waals surface area (Å²) in [7, 11) is 0. The summed E-state index contributed by atoms with van der Waals surface area (Å²) in [6.07, 6.45) is 9.83. The molecule has 2 aromatic heterocycles. The highest BCUT2D eigenvalue weighted by molar-refractivity contribution is 6.02. The molecule has 1 N–H and O–H groups in total. The average Bonchev–Trinajstić information content (AvgIpc) is 3.16. The molecule has 0 spiro atoms. The van der Waals surface area contributed by atoms with Gasteiger partial charge in [-0.25, -0.2) is 4.68 Å². The second-order valence-corrected chi connectivity index (χ2v) is 7.61. The lowest BCUT2D eigenvalue weighted by Crippen LogP contribution is -2.22. The number of nitrogens with zero attached hydrogens (tertiary/aromatic N) is 5. The number of amides is 1. The van der Waals surface area contributed by atoms with Gasteiger partial charge in [-0.15, -0.1) is 5.10 Å². The van der Waals surface area contributed by atoms with Crippen molar-refractivity contribution in [3.63, 3.8) is 0 Å². The highest BCUT2D eigenvalue weighted by Crippen LogP contribution is 2.29. The molecule has 0 aromatic carbocycles. The van der Waals surface area contributed by atoms with Crippen LogP contribution in [-0.4, -0.2) is 30.7 Å². The predicted molar refractivity (Wildman–Crippen MR) is 92.1 cm³/mol. The normalized spacial score (nSPS) is 16.3. The van der Waals surface area contributed by atoms with Gasteiger partial charge in [-0.05, 0) is 40.5 Å². The first-order chi connectivity index (χ1) is 11.3. The molecule has 24 heavy (non-hydrogen) atoms. The van der Waals surface area contributed by atoms with Gasteiger partial charge in [-0.1, -0.05) is 24.5 Å². The van der Waals surface area contributed by atoms with E-state index in [-0.39, 0.29) is 11.4 Å². The third-order valence-electron chi connectivity index (χ3n) is 4.51. The molecule has 0 atom stereocenters. The Morgan fingerprint density at radius 1 is 1.21 bits per heavy atom. The smallest absolute Gasteiger partial charge is 0.279 e. The zero-order valence-corrected chi connectivity index (χ0v) is 14.9. The van der Waals surface area contributed by atoms with Crippen LogP contribution in [-0.2, 0) is 5.54 Å². The SMILES string of the molecule is Cc1cn(C2CCCCC2)nc1NC(=O)c1cn(C(C)(C)C)nn1. The van der Waals surface area contributed by atoms with Crippen molar-refractivity contribution in [1.82, 2.24) is 24.8 Å². The molecule has 1 saturated carbocycles. The van der Waals surface area contributed by atoms with E-state index in [4.69, 9.17) is 0 Å². The summed E-state index contributed by atoms with van der Waals surface area (Å²) in [5, 5.41) is 15.5. The fourth-order valence-electron chi connectivity index (χ4n) is 3.01. The number of anilines is 1. The molecule has 0 aliphatic heterocycles. The van der Waals surface area contributed by atoms with E-state index in [0.717, 1.165) is 18.4 Å². The summed E-state index contributed by atoms with van der Waals surface area (Å²) in [6, 6.07) is 0.449. The van der Waals surface area contributed by atoms with E-state index in [1.807, 2.05) is 38.6 Å². The molecule has 130 valence electrons. The summed E-state index contributed by atoms with van der Waals surface area (Å²) < 4.78 is 3.70. The molecule has 2 heterocycles. The van der Waals surface area contributed by atoms with Crippen LogP contribution in [0, 0.1) is 6.92 Å². The predicted octanol–water partition coefficient (Wildman–Crippen LogP) is 3.30. The van der Waals surface area contributed by atoms with Crippen molar-refractivity contribution >= 4 is 11.7 Å². The zero-order valence-electron chi connectivity index (χ0n) is 14.9. The lowest BCUT2D eigenvalue weighted by Gasteiger charge is -2.21. The molecule has 2 aromatic rings. The van der Waals surface area contributed by atoms with Crippen molar-refractivity contribution < 1.29 is 4.79 Å². The molecule has 1 fully saturated rings. The Bertz CT molecular complexity index is 718. The Morgan fingerprint density at radius 3 is 2.54 bits per heavy atom. The second-order valence-electron chi connectivity index (χ2n) is 7.61.